The van der Waals surface area contributed by atoms with Gasteiger partial charge >= 0.3 is 0 Å². The second kappa shape index (κ2) is 9.42. The molecule has 1 N–H and O–H groups in total. The molecule has 0 heterocycles. The Morgan fingerprint density at radius 3 is 2.56 bits per heavy atom. The third-order valence-corrected chi connectivity index (χ3v) is 4.05. The molecule has 0 saturated carbocycles. The van der Waals surface area contributed by atoms with Crippen LogP contribution in [0.1, 0.15) is 20.3 Å². The van der Waals surface area contributed by atoms with Crippen molar-refractivity contribution < 1.29 is 0 Å². The van der Waals surface area contributed by atoms with E-state index in [1.807, 2.05) is 11.8 Å². The maximum absolute atomic E-state index is 3.50. The molecule has 0 atom stereocenters. The summed E-state index contributed by atoms with van der Waals surface area (Å²) in [4.78, 5) is 3.75. The van der Waals surface area contributed by atoms with E-state index in [2.05, 4.69) is 61.4 Å². The Kier molecular flexibility index (Phi) is 8.14. The highest BCUT2D eigenvalue weighted by atomic mass is 32.2. The van der Waals surface area contributed by atoms with E-state index >= 15 is 0 Å². The van der Waals surface area contributed by atoms with Gasteiger partial charge in [0.2, 0.25) is 0 Å². The maximum atomic E-state index is 3.50. The number of nitrogens with one attached hydrogen (secondary N) is 1. The van der Waals surface area contributed by atoms with Crippen molar-refractivity contribution in [2.45, 2.75) is 31.2 Å². The molecule has 0 aliphatic carbocycles. The predicted molar refractivity (Wildman–Crippen MR) is 82.4 cm³/mol. The fraction of sp³-hybridized carbons (Fsp3) is 0.600. The van der Waals surface area contributed by atoms with E-state index in [1.54, 1.807) is 0 Å². The molecule has 0 bridgehead atoms. The van der Waals surface area contributed by atoms with Gasteiger partial charge in [-0.25, -0.2) is 0 Å². The number of hydrogen-bond acceptors (Lipinski definition) is 3. The van der Waals surface area contributed by atoms with Crippen LogP contribution in [-0.4, -0.2) is 43.4 Å². The van der Waals surface area contributed by atoms with Crippen molar-refractivity contribution in [2.24, 2.45) is 0 Å². The minimum atomic E-state index is 0.652. The summed E-state index contributed by atoms with van der Waals surface area (Å²) in [5.74, 6) is 1.14. The zero-order chi connectivity index (χ0) is 13.2. The van der Waals surface area contributed by atoms with Crippen LogP contribution < -0.4 is 5.32 Å². The van der Waals surface area contributed by atoms with E-state index in [9.17, 15) is 0 Å². The van der Waals surface area contributed by atoms with Gasteiger partial charge in [-0.1, -0.05) is 18.2 Å². The molecule has 0 fully saturated rings. The lowest BCUT2D eigenvalue weighted by molar-refractivity contribution is 0.270. The average Bonchev–Trinajstić information content (AvgIpc) is 2.38. The molecular weight excluding hydrogens is 240 g/mol. The summed E-state index contributed by atoms with van der Waals surface area (Å²) in [6.07, 6.45) is 1.23. The van der Waals surface area contributed by atoms with E-state index in [0.717, 1.165) is 18.8 Å². The van der Waals surface area contributed by atoms with Gasteiger partial charge in [0, 0.05) is 23.2 Å². The van der Waals surface area contributed by atoms with Gasteiger partial charge in [-0.05, 0) is 52.5 Å². The van der Waals surface area contributed by atoms with Crippen LogP contribution in [0, 0.1) is 0 Å². The highest BCUT2D eigenvalue weighted by Gasteiger charge is 2.01. The zero-order valence-corrected chi connectivity index (χ0v) is 12.7. The normalized spacial score (nSPS) is 11.4. The number of nitrogens with zero attached hydrogens (tertiary/aromatic N) is 1. The summed E-state index contributed by atoms with van der Waals surface area (Å²) in [6, 6.07) is 11.2. The molecular formula is C15H26N2S. The number of rotatable bonds is 9. The summed E-state index contributed by atoms with van der Waals surface area (Å²) in [5, 5.41) is 3.50. The van der Waals surface area contributed by atoms with Crippen molar-refractivity contribution in [3.05, 3.63) is 30.3 Å². The van der Waals surface area contributed by atoms with E-state index in [4.69, 9.17) is 0 Å². The Morgan fingerprint density at radius 1 is 1.17 bits per heavy atom. The van der Waals surface area contributed by atoms with Crippen molar-refractivity contribution in [3.8, 4) is 0 Å². The first kappa shape index (κ1) is 15.5. The van der Waals surface area contributed by atoms with Crippen LogP contribution in [-0.2, 0) is 0 Å². The highest BCUT2D eigenvalue weighted by Crippen LogP contribution is 2.15. The predicted octanol–water partition coefficient (Wildman–Crippen LogP) is 3.10. The fourth-order valence-electron chi connectivity index (χ4n) is 1.59. The molecule has 2 nitrogen and oxygen atoms in total. The van der Waals surface area contributed by atoms with Crippen LogP contribution in [0.4, 0.5) is 0 Å². The van der Waals surface area contributed by atoms with Gasteiger partial charge in [0.1, 0.15) is 0 Å². The molecule has 0 aliphatic rings. The van der Waals surface area contributed by atoms with Crippen molar-refractivity contribution in [3.63, 3.8) is 0 Å². The van der Waals surface area contributed by atoms with Gasteiger partial charge < -0.3 is 10.2 Å². The van der Waals surface area contributed by atoms with Crippen molar-refractivity contribution in [1.82, 2.24) is 10.2 Å². The molecule has 3 heteroatoms. The molecule has 0 aliphatic heterocycles. The lowest BCUT2D eigenvalue weighted by Crippen LogP contribution is -2.30. The van der Waals surface area contributed by atoms with Gasteiger partial charge in [-0.15, -0.1) is 11.8 Å². The molecule has 18 heavy (non-hydrogen) atoms. The second-order valence-electron chi connectivity index (χ2n) is 4.84. The quantitative estimate of drug-likeness (QED) is 0.546. The second-order valence-corrected chi connectivity index (χ2v) is 6.01. The van der Waals surface area contributed by atoms with E-state index in [-0.39, 0.29) is 0 Å². The van der Waals surface area contributed by atoms with Crippen molar-refractivity contribution >= 4 is 11.8 Å². The Bertz CT molecular complexity index is 301. The van der Waals surface area contributed by atoms with Crippen LogP contribution in [0.3, 0.4) is 0 Å². The van der Waals surface area contributed by atoms with Crippen molar-refractivity contribution in [2.75, 3.05) is 32.4 Å². The number of thioether (sulfide) groups is 1. The van der Waals surface area contributed by atoms with Gasteiger partial charge in [0.15, 0.2) is 0 Å². The molecule has 0 unspecified atom stereocenters. The first-order valence-electron chi connectivity index (χ1n) is 6.79. The smallest absolute Gasteiger partial charge is 0.0106 e. The summed E-state index contributed by atoms with van der Waals surface area (Å²) >= 11 is 1.92. The van der Waals surface area contributed by atoms with E-state index in [0.29, 0.717) is 6.04 Å². The molecule has 102 valence electrons. The van der Waals surface area contributed by atoms with Gasteiger partial charge in [-0.2, -0.15) is 0 Å². The summed E-state index contributed by atoms with van der Waals surface area (Å²) in [6.45, 7) is 7.86. The summed E-state index contributed by atoms with van der Waals surface area (Å²) < 4.78 is 0. The lowest BCUT2D eigenvalue weighted by atomic mass is 10.3. The van der Waals surface area contributed by atoms with Gasteiger partial charge in [0.05, 0.1) is 0 Å². The number of benzene rings is 1. The molecule has 1 rings (SSSR count). The van der Waals surface area contributed by atoms with E-state index in [1.165, 1.54) is 17.9 Å². The third kappa shape index (κ3) is 7.04. The topological polar surface area (TPSA) is 15.3 Å². The first-order valence-corrected chi connectivity index (χ1v) is 7.77. The Morgan fingerprint density at radius 2 is 1.89 bits per heavy atom. The van der Waals surface area contributed by atoms with Crippen LogP contribution in [0.25, 0.3) is 0 Å². The molecule has 0 radical (unpaired) electrons. The van der Waals surface area contributed by atoms with Crippen LogP contribution in [0.2, 0.25) is 0 Å². The molecule has 0 saturated heterocycles. The van der Waals surface area contributed by atoms with Crippen LogP contribution >= 0.6 is 11.8 Å². The van der Waals surface area contributed by atoms with Gasteiger partial charge in [-0.3, -0.25) is 0 Å². The largest absolute Gasteiger partial charge is 0.316 e. The maximum Gasteiger partial charge on any atom is 0.0106 e. The lowest BCUT2D eigenvalue weighted by Gasteiger charge is -2.20. The third-order valence-electron chi connectivity index (χ3n) is 3.04. The Labute approximate surface area is 116 Å². The Hall–Kier alpha value is -0.510. The Balaban J connectivity index is 1.93. The molecule has 0 spiro atoms. The minimum Gasteiger partial charge on any atom is -0.316 e. The number of hydrogen-bond donors (Lipinski definition) is 1. The average molecular weight is 266 g/mol. The SMILES string of the molecule is CC(C)N(C)CCCNCCSc1ccccc1. The van der Waals surface area contributed by atoms with E-state index < -0.39 is 0 Å². The van der Waals surface area contributed by atoms with Gasteiger partial charge in [0.25, 0.3) is 0 Å². The fourth-order valence-corrected chi connectivity index (χ4v) is 2.43. The monoisotopic (exact) mass is 266 g/mol. The zero-order valence-electron chi connectivity index (χ0n) is 11.9. The minimum absolute atomic E-state index is 0.652. The first-order chi connectivity index (χ1) is 8.70. The van der Waals surface area contributed by atoms with Crippen molar-refractivity contribution in [1.29, 1.82) is 0 Å². The highest BCUT2D eigenvalue weighted by molar-refractivity contribution is 7.99. The molecule has 0 amide bonds. The summed E-state index contributed by atoms with van der Waals surface area (Å²) in [5.41, 5.74) is 0. The standard InChI is InChI=1S/C15H26N2S/c1-14(2)17(3)12-7-10-16-11-13-18-15-8-5-4-6-9-15/h4-6,8-9,14,16H,7,10-13H2,1-3H3. The van der Waals surface area contributed by atoms with Crippen LogP contribution in [0.5, 0.6) is 0 Å². The molecule has 1 aromatic rings. The summed E-state index contributed by atoms with van der Waals surface area (Å²) in [7, 11) is 2.19. The van der Waals surface area contributed by atoms with Crippen LogP contribution in [0.15, 0.2) is 35.2 Å². The molecule has 0 aromatic heterocycles. The molecule has 1 aromatic carbocycles.